The SMILES string of the molecule is CCCn1ncc(Cl)c1C(N)c1cc2cccc(Br)c2o1. The van der Waals surface area contributed by atoms with Crippen LogP contribution in [-0.4, -0.2) is 9.78 Å². The molecule has 2 heterocycles. The molecule has 0 amide bonds. The third-order valence-electron chi connectivity index (χ3n) is 3.38. The van der Waals surface area contributed by atoms with Crippen LogP contribution in [0.25, 0.3) is 11.0 Å². The Morgan fingerprint density at radius 2 is 2.29 bits per heavy atom. The van der Waals surface area contributed by atoms with Crippen molar-refractivity contribution in [3.05, 3.63) is 51.4 Å². The molecule has 0 bridgehead atoms. The van der Waals surface area contributed by atoms with Crippen molar-refractivity contribution in [3.63, 3.8) is 0 Å². The predicted molar refractivity (Wildman–Crippen MR) is 87.5 cm³/mol. The van der Waals surface area contributed by atoms with E-state index in [1.165, 1.54) is 0 Å². The third kappa shape index (κ3) is 2.61. The number of hydrogen-bond donors (Lipinski definition) is 1. The fourth-order valence-corrected chi connectivity index (χ4v) is 3.13. The number of hydrogen-bond acceptors (Lipinski definition) is 3. The van der Waals surface area contributed by atoms with Gasteiger partial charge in [-0.3, -0.25) is 4.68 Å². The minimum absolute atomic E-state index is 0.439. The Labute approximate surface area is 136 Å². The maximum absolute atomic E-state index is 6.35. The van der Waals surface area contributed by atoms with Crippen molar-refractivity contribution >= 4 is 38.5 Å². The second-order valence-corrected chi connectivity index (χ2v) is 6.15. The second kappa shape index (κ2) is 5.83. The van der Waals surface area contributed by atoms with Crippen LogP contribution >= 0.6 is 27.5 Å². The topological polar surface area (TPSA) is 57.0 Å². The molecule has 0 spiro atoms. The maximum Gasteiger partial charge on any atom is 0.148 e. The van der Waals surface area contributed by atoms with Gasteiger partial charge in [-0.2, -0.15) is 5.10 Å². The molecular formula is C15H15BrClN3O. The lowest BCUT2D eigenvalue weighted by molar-refractivity contribution is 0.491. The van der Waals surface area contributed by atoms with Gasteiger partial charge in [0.25, 0.3) is 0 Å². The molecule has 0 radical (unpaired) electrons. The van der Waals surface area contributed by atoms with Crippen LogP contribution in [0.4, 0.5) is 0 Å². The van der Waals surface area contributed by atoms with Crippen LogP contribution in [0.15, 0.2) is 39.4 Å². The highest BCUT2D eigenvalue weighted by Gasteiger charge is 2.22. The lowest BCUT2D eigenvalue weighted by atomic mass is 10.1. The van der Waals surface area contributed by atoms with Gasteiger partial charge in [0.15, 0.2) is 0 Å². The summed E-state index contributed by atoms with van der Waals surface area (Å²) in [6.45, 7) is 2.86. The largest absolute Gasteiger partial charge is 0.458 e. The number of rotatable bonds is 4. The number of benzene rings is 1. The van der Waals surface area contributed by atoms with Crippen molar-refractivity contribution in [3.8, 4) is 0 Å². The molecule has 0 fully saturated rings. The molecule has 0 saturated heterocycles. The Bertz CT molecular complexity index is 780. The van der Waals surface area contributed by atoms with E-state index in [-0.39, 0.29) is 0 Å². The summed E-state index contributed by atoms with van der Waals surface area (Å²) in [7, 11) is 0. The molecule has 1 atom stereocenters. The fourth-order valence-electron chi connectivity index (χ4n) is 2.41. The lowest BCUT2D eigenvalue weighted by Gasteiger charge is -2.12. The summed E-state index contributed by atoms with van der Waals surface area (Å²) in [6, 6.07) is 7.40. The van der Waals surface area contributed by atoms with Gasteiger partial charge in [0, 0.05) is 11.9 Å². The van der Waals surface area contributed by atoms with Gasteiger partial charge in [-0.25, -0.2) is 0 Å². The predicted octanol–water partition coefficient (Wildman–Crippen LogP) is 4.50. The van der Waals surface area contributed by atoms with Gasteiger partial charge in [0.2, 0.25) is 0 Å². The molecule has 2 N–H and O–H groups in total. The fraction of sp³-hybridized carbons (Fsp3) is 0.267. The highest BCUT2D eigenvalue weighted by atomic mass is 79.9. The van der Waals surface area contributed by atoms with Gasteiger partial charge in [0.1, 0.15) is 17.4 Å². The number of aryl methyl sites for hydroxylation is 1. The van der Waals surface area contributed by atoms with Crippen LogP contribution in [-0.2, 0) is 6.54 Å². The van der Waals surface area contributed by atoms with Crippen LogP contribution in [0.5, 0.6) is 0 Å². The van der Waals surface area contributed by atoms with E-state index in [1.807, 2.05) is 28.9 Å². The monoisotopic (exact) mass is 367 g/mol. The Hall–Kier alpha value is -1.30. The van der Waals surface area contributed by atoms with E-state index in [4.69, 9.17) is 21.8 Å². The molecule has 2 aromatic heterocycles. The molecular weight excluding hydrogens is 354 g/mol. The Morgan fingerprint density at radius 3 is 3.00 bits per heavy atom. The number of nitrogens with two attached hydrogens (primary N) is 1. The van der Waals surface area contributed by atoms with E-state index in [2.05, 4.69) is 28.0 Å². The molecule has 1 unspecified atom stereocenters. The molecule has 0 aliphatic rings. The first kappa shape index (κ1) is 14.6. The van der Waals surface area contributed by atoms with E-state index in [9.17, 15) is 0 Å². The average molecular weight is 369 g/mol. The summed E-state index contributed by atoms with van der Waals surface area (Å²) < 4.78 is 8.65. The minimum Gasteiger partial charge on any atom is -0.458 e. The maximum atomic E-state index is 6.35. The molecule has 3 rings (SSSR count). The van der Waals surface area contributed by atoms with E-state index in [1.54, 1.807) is 6.20 Å². The Kier molecular flexibility index (Phi) is 4.06. The second-order valence-electron chi connectivity index (χ2n) is 4.89. The van der Waals surface area contributed by atoms with E-state index < -0.39 is 6.04 Å². The van der Waals surface area contributed by atoms with Crippen LogP contribution < -0.4 is 5.73 Å². The van der Waals surface area contributed by atoms with Crippen LogP contribution in [0.2, 0.25) is 5.02 Å². The first-order valence-corrected chi connectivity index (χ1v) is 7.93. The van der Waals surface area contributed by atoms with Crippen molar-refractivity contribution in [2.24, 2.45) is 5.73 Å². The first-order valence-electron chi connectivity index (χ1n) is 6.76. The summed E-state index contributed by atoms with van der Waals surface area (Å²) in [5.41, 5.74) is 7.93. The molecule has 0 aliphatic carbocycles. The van der Waals surface area contributed by atoms with Crippen molar-refractivity contribution in [1.82, 2.24) is 9.78 Å². The minimum atomic E-state index is -0.439. The smallest absolute Gasteiger partial charge is 0.148 e. The summed E-state index contributed by atoms with van der Waals surface area (Å²) >= 11 is 9.72. The van der Waals surface area contributed by atoms with Crippen molar-refractivity contribution < 1.29 is 4.42 Å². The van der Waals surface area contributed by atoms with E-state index in [0.29, 0.717) is 10.8 Å². The van der Waals surface area contributed by atoms with E-state index in [0.717, 1.165) is 34.1 Å². The van der Waals surface area contributed by atoms with E-state index >= 15 is 0 Å². The van der Waals surface area contributed by atoms with Gasteiger partial charge >= 0.3 is 0 Å². The lowest BCUT2D eigenvalue weighted by Crippen LogP contribution is -2.17. The van der Waals surface area contributed by atoms with Crippen molar-refractivity contribution in [1.29, 1.82) is 0 Å². The number of furan rings is 1. The van der Waals surface area contributed by atoms with Crippen LogP contribution in [0.3, 0.4) is 0 Å². The normalized spacial score (nSPS) is 13.0. The van der Waals surface area contributed by atoms with Gasteiger partial charge in [-0.1, -0.05) is 30.7 Å². The molecule has 3 aromatic rings. The zero-order valence-electron chi connectivity index (χ0n) is 11.5. The number of nitrogens with zero attached hydrogens (tertiary/aromatic N) is 2. The van der Waals surface area contributed by atoms with Gasteiger partial charge in [-0.15, -0.1) is 0 Å². The standard InChI is InChI=1S/C15H15BrClN3O/c1-2-6-20-14(11(17)8-19-20)13(18)12-7-9-4-3-5-10(16)15(9)21-12/h3-5,7-8,13H,2,6,18H2,1H3. The molecule has 0 saturated carbocycles. The van der Waals surface area contributed by atoms with Gasteiger partial charge in [0.05, 0.1) is 21.4 Å². The highest BCUT2D eigenvalue weighted by molar-refractivity contribution is 9.10. The number of halogens is 2. The Balaban J connectivity index is 2.06. The molecule has 21 heavy (non-hydrogen) atoms. The summed E-state index contributed by atoms with van der Waals surface area (Å²) in [5.74, 6) is 0.677. The van der Waals surface area contributed by atoms with Gasteiger partial charge in [-0.05, 0) is 34.5 Å². The molecule has 1 aromatic carbocycles. The van der Waals surface area contributed by atoms with Gasteiger partial charge < -0.3 is 10.2 Å². The summed E-state index contributed by atoms with van der Waals surface area (Å²) in [4.78, 5) is 0. The first-order chi connectivity index (χ1) is 10.1. The number of aromatic nitrogens is 2. The van der Waals surface area contributed by atoms with Crippen LogP contribution in [0.1, 0.15) is 30.8 Å². The molecule has 4 nitrogen and oxygen atoms in total. The summed E-state index contributed by atoms with van der Waals surface area (Å²) in [6.07, 6.45) is 2.59. The average Bonchev–Trinajstić information content (AvgIpc) is 3.04. The van der Waals surface area contributed by atoms with Crippen molar-refractivity contribution in [2.45, 2.75) is 25.9 Å². The molecule has 0 aliphatic heterocycles. The highest BCUT2D eigenvalue weighted by Crippen LogP contribution is 2.33. The van der Waals surface area contributed by atoms with Crippen LogP contribution in [0, 0.1) is 0 Å². The number of para-hydroxylation sites is 1. The zero-order valence-corrected chi connectivity index (χ0v) is 13.9. The Morgan fingerprint density at radius 1 is 1.48 bits per heavy atom. The number of fused-ring (bicyclic) bond motifs is 1. The summed E-state index contributed by atoms with van der Waals surface area (Å²) in [5, 5.41) is 5.85. The molecule has 110 valence electrons. The third-order valence-corrected chi connectivity index (χ3v) is 4.30. The quantitative estimate of drug-likeness (QED) is 0.737. The van der Waals surface area contributed by atoms with Crippen molar-refractivity contribution in [2.75, 3.05) is 0 Å². The zero-order chi connectivity index (χ0) is 15.0. The molecule has 6 heteroatoms.